The quantitative estimate of drug-likeness (QED) is 0.856. The summed E-state index contributed by atoms with van der Waals surface area (Å²) in [5.41, 5.74) is 5.00. The Hall–Kier alpha value is -1.80. The fourth-order valence-electron chi connectivity index (χ4n) is 2.14. The lowest BCUT2D eigenvalue weighted by Crippen LogP contribution is -2.11. The number of hydrogen-bond donors (Lipinski definition) is 1. The maximum absolute atomic E-state index is 5.94. The Labute approximate surface area is 121 Å². The molecule has 0 bridgehead atoms. The van der Waals surface area contributed by atoms with Crippen molar-refractivity contribution in [1.82, 2.24) is 5.32 Å². The van der Waals surface area contributed by atoms with Crippen molar-refractivity contribution in [2.24, 2.45) is 0 Å². The molecule has 0 atom stereocenters. The number of ether oxygens (including phenoxy) is 1. The third-order valence-corrected chi connectivity index (χ3v) is 3.52. The summed E-state index contributed by atoms with van der Waals surface area (Å²) in [6, 6.07) is 14.7. The second kappa shape index (κ2) is 7.11. The maximum Gasteiger partial charge on any atom is 0.122 e. The lowest BCUT2D eigenvalue weighted by molar-refractivity contribution is 0.303. The lowest BCUT2D eigenvalue weighted by atomic mass is 10.1. The highest BCUT2D eigenvalue weighted by molar-refractivity contribution is 5.38. The average molecular weight is 269 g/mol. The molecule has 2 heteroatoms. The van der Waals surface area contributed by atoms with Gasteiger partial charge in [-0.2, -0.15) is 0 Å². The van der Waals surface area contributed by atoms with Crippen LogP contribution >= 0.6 is 0 Å². The van der Waals surface area contributed by atoms with Crippen LogP contribution < -0.4 is 10.1 Å². The van der Waals surface area contributed by atoms with Gasteiger partial charge in [0.05, 0.1) is 0 Å². The van der Waals surface area contributed by atoms with Gasteiger partial charge in [0.2, 0.25) is 0 Å². The van der Waals surface area contributed by atoms with Crippen LogP contribution in [0.4, 0.5) is 0 Å². The minimum absolute atomic E-state index is 0.615. The zero-order valence-corrected chi connectivity index (χ0v) is 12.6. The van der Waals surface area contributed by atoms with E-state index >= 15 is 0 Å². The number of benzene rings is 2. The molecule has 0 saturated heterocycles. The van der Waals surface area contributed by atoms with Gasteiger partial charge >= 0.3 is 0 Å². The maximum atomic E-state index is 5.94. The lowest BCUT2D eigenvalue weighted by Gasteiger charge is -2.11. The fraction of sp³-hybridized carbons (Fsp3) is 0.333. The Morgan fingerprint density at radius 3 is 2.55 bits per heavy atom. The van der Waals surface area contributed by atoms with Crippen molar-refractivity contribution in [1.29, 1.82) is 0 Å². The zero-order chi connectivity index (χ0) is 14.4. The highest BCUT2D eigenvalue weighted by Gasteiger charge is 2.02. The van der Waals surface area contributed by atoms with Crippen molar-refractivity contribution >= 4 is 0 Å². The van der Waals surface area contributed by atoms with Gasteiger partial charge in [-0.1, -0.05) is 43.3 Å². The van der Waals surface area contributed by atoms with E-state index in [0.29, 0.717) is 6.61 Å². The normalized spacial score (nSPS) is 10.6. The van der Waals surface area contributed by atoms with Gasteiger partial charge in [0, 0.05) is 6.54 Å². The molecule has 20 heavy (non-hydrogen) atoms. The van der Waals surface area contributed by atoms with Gasteiger partial charge in [-0.05, 0) is 48.7 Å². The molecule has 0 aliphatic rings. The Kier molecular flexibility index (Phi) is 5.19. The molecule has 2 aromatic carbocycles. The molecule has 0 aromatic heterocycles. The van der Waals surface area contributed by atoms with Crippen LogP contribution in [0.25, 0.3) is 0 Å². The largest absolute Gasteiger partial charge is 0.489 e. The first kappa shape index (κ1) is 14.6. The molecule has 0 fully saturated rings. The molecule has 106 valence electrons. The summed E-state index contributed by atoms with van der Waals surface area (Å²) in [6.07, 6.45) is 0. The molecule has 0 saturated carbocycles. The summed E-state index contributed by atoms with van der Waals surface area (Å²) in [5, 5.41) is 3.34. The molecule has 2 rings (SSSR count). The number of aryl methyl sites for hydroxylation is 1. The van der Waals surface area contributed by atoms with Crippen LogP contribution in [0.2, 0.25) is 0 Å². The summed E-state index contributed by atoms with van der Waals surface area (Å²) < 4.78 is 5.94. The molecule has 0 amide bonds. The van der Waals surface area contributed by atoms with Crippen molar-refractivity contribution in [3.05, 3.63) is 64.7 Å². The second-order valence-electron chi connectivity index (χ2n) is 5.09. The Bertz CT molecular complexity index is 563. The smallest absolute Gasteiger partial charge is 0.122 e. The van der Waals surface area contributed by atoms with Crippen molar-refractivity contribution in [3.63, 3.8) is 0 Å². The highest BCUT2D eigenvalue weighted by Crippen LogP contribution is 2.21. The van der Waals surface area contributed by atoms with E-state index in [-0.39, 0.29) is 0 Å². The van der Waals surface area contributed by atoms with Crippen LogP contribution in [0, 0.1) is 13.8 Å². The Morgan fingerprint density at radius 2 is 1.75 bits per heavy atom. The number of rotatable bonds is 6. The minimum Gasteiger partial charge on any atom is -0.489 e. The Balaban J connectivity index is 2.01. The van der Waals surface area contributed by atoms with Crippen molar-refractivity contribution in [2.45, 2.75) is 33.9 Å². The van der Waals surface area contributed by atoms with Crippen LogP contribution in [0.5, 0.6) is 5.75 Å². The molecule has 0 radical (unpaired) electrons. The second-order valence-corrected chi connectivity index (χ2v) is 5.09. The highest BCUT2D eigenvalue weighted by atomic mass is 16.5. The van der Waals surface area contributed by atoms with Gasteiger partial charge in [0.25, 0.3) is 0 Å². The first-order chi connectivity index (χ1) is 9.70. The predicted molar refractivity (Wildman–Crippen MR) is 84.1 cm³/mol. The minimum atomic E-state index is 0.615. The molecular formula is C18H23NO. The van der Waals surface area contributed by atoms with Gasteiger partial charge in [-0.25, -0.2) is 0 Å². The van der Waals surface area contributed by atoms with Gasteiger partial charge in [-0.3, -0.25) is 0 Å². The Morgan fingerprint density at radius 1 is 1.00 bits per heavy atom. The molecule has 0 aliphatic carbocycles. The molecule has 0 aliphatic heterocycles. The zero-order valence-electron chi connectivity index (χ0n) is 12.6. The van der Waals surface area contributed by atoms with Gasteiger partial charge < -0.3 is 10.1 Å². The van der Waals surface area contributed by atoms with E-state index in [1.807, 2.05) is 12.1 Å². The molecule has 0 heterocycles. The van der Waals surface area contributed by atoms with E-state index in [1.54, 1.807) is 0 Å². The molecule has 2 nitrogen and oxygen atoms in total. The van der Waals surface area contributed by atoms with E-state index < -0.39 is 0 Å². The molecule has 1 N–H and O–H groups in total. The molecular weight excluding hydrogens is 246 g/mol. The topological polar surface area (TPSA) is 21.3 Å². The summed E-state index contributed by atoms with van der Waals surface area (Å²) in [7, 11) is 0. The fourth-order valence-corrected chi connectivity index (χ4v) is 2.14. The third kappa shape index (κ3) is 3.84. The van der Waals surface area contributed by atoms with E-state index in [0.717, 1.165) is 18.8 Å². The summed E-state index contributed by atoms with van der Waals surface area (Å²) >= 11 is 0. The number of hydrogen-bond acceptors (Lipinski definition) is 2. The van der Waals surface area contributed by atoms with Gasteiger partial charge in [0.15, 0.2) is 0 Å². The average Bonchev–Trinajstić information content (AvgIpc) is 2.47. The van der Waals surface area contributed by atoms with Crippen molar-refractivity contribution < 1.29 is 4.74 Å². The van der Waals surface area contributed by atoms with E-state index in [4.69, 9.17) is 4.74 Å². The van der Waals surface area contributed by atoms with Gasteiger partial charge in [-0.15, -0.1) is 0 Å². The van der Waals surface area contributed by atoms with Crippen LogP contribution in [0.15, 0.2) is 42.5 Å². The van der Waals surface area contributed by atoms with Crippen molar-refractivity contribution in [3.8, 4) is 5.75 Å². The van der Waals surface area contributed by atoms with Crippen LogP contribution in [-0.4, -0.2) is 6.54 Å². The SMILES string of the molecule is CCNCc1cccc(COc2cccc(C)c2C)c1. The standard InChI is InChI=1S/C18H23NO/c1-4-19-12-16-8-6-9-17(11-16)13-20-18-10-5-7-14(2)15(18)3/h5-11,19H,4,12-13H2,1-3H3. The van der Waals surface area contributed by atoms with E-state index in [1.165, 1.54) is 22.3 Å². The summed E-state index contributed by atoms with van der Waals surface area (Å²) in [6.45, 7) is 8.85. The van der Waals surface area contributed by atoms with Crippen LogP contribution in [0.1, 0.15) is 29.2 Å². The summed E-state index contributed by atoms with van der Waals surface area (Å²) in [5.74, 6) is 0.974. The molecule has 2 aromatic rings. The monoisotopic (exact) mass is 269 g/mol. The predicted octanol–water partition coefficient (Wildman–Crippen LogP) is 3.99. The summed E-state index contributed by atoms with van der Waals surface area (Å²) in [4.78, 5) is 0. The van der Waals surface area contributed by atoms with E-state index in [9.17, 15) is 0 Å². The van der Waals surface area contributed by atoms with Crippen LogP contribution in [0.3, 0.4) is 0 Å². The first-order valence-corrected chi connectivity index (χ1v) is 7.18. The molecule has 0 unspecified atom stereocenters. The molecule has 0 spiro atoms. The third-order valence-electron chi connectivity index (χ3n) is 3.52. The first-order valence-electron chi connectivity index (χ1n) is 7.18. The number of nitrogens with one attached hydrogen (secondary N) is 1. The van der Waals surface area contributed by atoms with Crippen molar-refractivity contribution in [2.75, 3.05) is 6.54 Å². The van der Waals surface area contributed by atoms with Crippen LogP contribution in [-0.2, 0) is 13.2 Å². The van der Waals surface area contributed by atoms with E-state index in [2.05, 4.69) is 56.4 Å². The van der Waals surface area contributed by atoms with Gasteiger partial charge in [0.1, 0.15) is 12.4 Å².